The van der Waals surface area contributed by atoms with Crippen molar-refractivity contribution in [2.45, 2.75) is 75.8 Å². The zero-order valence-corrected chi connectivity index (χ0v) is 35.3. The van der Waals surface area contributed by atoms with Crippen molar-refractivity contribution in [3.63, 3.8) is 0 Å². The number of rotatable bonds is 22. The van der Waals surface area contributed by atoms with Crippen LogP contribution in [0.25, 0.3) is 22.3 Å². The van der Waals surface area contributed by atoms with E-state index < -0.39 is 48.3 Å². The van der Waals surface area contributed by atoms with Crippen LogP contribution in [0, 0.1) is 0 Å². The number of carbonyl (C=O) groups excluding carboxylic acids is 6. The van der Waals surface area contributed by atoms with Gasteiger partial charge in [-0.1, -0.05) is 61.7 Å². The maximum atomic E-state index is 13.1. The van der Waals surface area contributed by atoms with Crippen LogP contribution < -0.4 is 9.47 Å². The highest BCUT2D eigenvalue weighted by Crippen LogP contribution is 2.32. The number of unbranched alkanes of at least 4 members (excludes halogenated alkanes) is 4. The molecule has 6 rings (SSSR count). The van der Waals surface area contributed by atoms with Crippen molar-refractivity contribution in [2.75, 3.05) is 26.4 Å². The Balaban J connectivity index is 0.899. The van der Waals surface area contributed by atoms with Gasteiger partial charge in [0.25, 0.3) is 0 Å². The molecule has 2 heterocycles. The molecule has 0 aromatic heterocycles. The van der Waals surface area contributed by atoms with Gasteiger partial charge in [-0.25, -0.2) is 19.2 Å². The van der Waals surface area contributed by atoms with E-state index in [0.29, 0.717) is 48.3 Å². The van der Waals surface area contributed by atoms with Gasteiger partial charge in [0.15, 0.2) is 12.2 Å². The van der Waals surface area contributed by atoms with E-state index in [1.54, 1.807) is 72.8 Å². The third-order valence-electron chi connectivity index (χ3n) is 10.4. The summed E-state index contributed by atoms with van der Waals surface area (Å²) < 4.78 is 44.1. The maximum Gasteiger partial charge on any atom is 0.338 e. The monoisotopic (exact) mass is 874 g/mol. The molecule has 0 bridgehead atoms. The summed E-state index contributed by atoms with van der Waals surface area (Å²) in [6.07, 6.45) is 4.07. The third-order valence-corrected chi connectivity index (χ3v) is 10.4. The first-order valence-electron chi connectivity index (χ1n) is 21.2. The molecule has 2 fully saturated rings. The molecule has 4 aromatic carbocycles. The van der Waals surface area contributed by atoms with Crippen molar-refractivity contribution in [3.8, 4) is 33.8 Å². The zero-order valence-electron chi connectivity index (χ0n) is 35.3. The van der Waals surface area contributed by atoms with E-state index in [0.717, 1.165) is 47.2 Å². The smallest absolute Gasteiger partial charge is 0.338 e. The van der Waals surface area contributed by atoms with E-state index >= 15 is 0 Å². The number of esters is 6. The Labute approximate surface area is 371 Å². The molecule has 4 atom stereocenters. The Kier molecular flexibility index (Phi) is 17.1. The molecule has 0 N–H and O–H groups in total. The Morgan fingerprint density at radius 3 is 1.17 bits per heavy atom. The highest BCUT2D eigenvalue weighted by atomic mass is 16.7. The molecule has 64 heavy (non-hydrogen) atoms. The van der Waals surface area contributed by atoms with Crippen LogP contribution in [0.5, 0.6) is 11.5 Å². The van der Waals surface area contributed by atoms with Crippen LogP contribution in [0.1, 0.15) is 72.1 Å². The first kappa shape index (κ1) is 46.6. The molecular formula is C50H50O14. The first-order chi connectivity index (χ1) is 31.1. The Morgan fingerprint density at radius 1 is 0.484 bits per heavy atom. The van der Waals surface area contributed by atoms with Crippen LogP contribution in [0.15, 0.2) is 122 Å². The molecule has 2 aliphatic rings. The number of benzene rings is 4. The molecule has 0 amide bonds. The third kappa shape index (κ3) is 13.5. The van der Waals surface area contributed by atoms with Gasteiger partial charge in [-0.2, -0.15) is 0 Å². The second kappa shape index (κ2) is 23.5. The van der Waals surface area contributed by atoms with E-state index in [-0.39, 0.29) is 51.2 Å². The largest absolute Gasteiger partial charge is 0.463 e. The Morgan fingerprint density at radius 2 is 0.828 bits per heavy atom. The molecule has 0 saturated carbocycles. The van der Waals surface area contributed by atoms with Gasteiger partial charge >= 0.3 is 35.8 Å². The molecule has 2 unspecified atom stereocenters. The van der Waals surface area contributed by atoms with Crippen molar-refractivity contribution >= 4 is 35.8 Å². The lowest BCUT2D eigenvalue weighted by Crippen LogP contribution is -2.36. The van der Waals surface area contributed by atoms with Gasteiger partial charge in [0, 0.05) is 25.0 Å². The lowest BCUT2D eigenvalue weighted by molar-refractivity contribution is -0.138. The summed E-state index contributed by atoms with van der Waals surface area (Å²) in [5.41, 5.74) is 4.08. The van der Waals surface area contributed by atoms with Gasteiger partial charge in [-0.3, -0.25) is 9.59 Å². The van der Waals surface area contributed by atoms with Crippen LogP contribution in [0.3, 0.4) is 0 Å². The molecule has 334 valence electrons. The number of ether oxygens (including phenoxy) is 8. The average molecular weight is 875 g/mol. The van der Waals surface area contributed by atoms with Crippen molar-refractivity contribution in [3.05, 3.63) is 133 Å². The second-order valence-electron chi connectivity index (χ2n) is 15.0. The summed E-state index contributed by atoms with van der Waals surface area (Å²) in [6, 6.07) is 27.9. The van der Waals surface area contributed by atoms with Crippen molar-refractivity contribution < 1.29 is 66.7 Å². The Bertz CT molecular complexity index is 2090. The van der Waals surface area contributed by atoms with E-state index in [4.69, 9.17) is 37.9 Å². The fraction of sp³-hybridized carbons (Fsp3) is 0.320. The molecule has 0 aliphatic carbocycles. The standard InChI is InChI=1S/C50H50O14/c1-3-43(51)57-29-9-5-7-11-45(53)61-39-25-21-35(22-26-39)33-13-17-37(18-14-33)49(55)63-41-31-59-48-42(32-60-47(41)48)64-50(56)38-19-15-34(16-20-38)36-23-27-40(28-24-36)62-46(54)12-8-6-10-30-58-44(52)4-2/h3-4,13-28,41-42,47-48H,1-2,5-12,29-32H2/t41-,42+,47?,48?. The number of hydrogen-bond acceptors (Lipinski definition) is 14. The number of hydrogen-bond donors (Lipinski definition) is 0. The van der Waals surface area contributed by atoms with Gasteiger partial charge in [0.1, 0.15) is 23.7 Å². The van der Waals surface area contributed by atoms with E-state index in [9.17, 15) is 28.8 Å². The summed E-state index contributed by atoms with van der Waals surface area (Å²) >= 11 is 0. The molecule has 2 saturated heterocycles. The minimum atomic E-state index is -0.695. The summed E-state index contributed by atoms with van der Waals surface area (Å²) in [5.74, 6) is -1.89. The fourth-order valence-corrected chi connectivity index (χ4v) is 7.00. The predicted octanol–water partition coefficient (Wildman–Crippen LogP) is 7.96. The first-order valence-corrected chi connectivity index (χ1v) is 21.2. The molecule has 0 spiro atoms. The van der Waals surface area contributed by atoms with Crippen LogP contribution in [-0.2, 0) is 47.6 Å². The van der Waals surface area contributed by atoms with Gasteiger partial charge in [-0.05, 0) is 109 Å². The van der Waals surface area contributed by atoms with E-state index in [1.807, 2.05) is 24.3 Å². The topological polar surface area (TPSA) is 176 Å². The van der Waals surface area contributed by atoms with Gasteiger partial charge < -0.3 is 37.9 Å². The van der Waals surface area contributed by atoms with Crippen LogP contribution in [0.2, 0.25) is 0 Å². The quantitative estimate of drug-likeness (QED) is 0.0244. The van der Waals surface area contributed by atoms with Crippen LogP contribution in [0.4, 0.5) is 0 Å². The molecule has 2 aliphatic heterocycles. The van der Waals surface area contributed by atoms with Crippen molar-refractivity contribution in [1.29, 1.82) is 0 Å². The minimum absolute atomic E-state index is 0.0840. The van der Waals surface area contributed by atoms with E-state index in [1.165, 1.54) is 0 Å². The molecule has 4 aromatic rings. The highest BCUT2D eigenvalue weighted by Gasteiger charge is 2.51. The fourth-order valence-electron chi connectivity index (χ4n) is 7.00. The normalized spacial score (nSPS) is 17.3. The Hall–Kier alpha value is -6.90. The molecule has 14 heteroatoms. The van der Waals surface area contributed by atoms with Crippen LogP contribution >= 0.6 is 0 Å². The van der Waals surface area contributed by atoms with Crippen molar-refractivity contribution in [1.82, 2.24) is 0 Å². The lowest BCUT2D eigenvalue weighted by Gasteiger charge is -2.17. The predicted molar refractivity (Wildman–Crippen MR) is 232 cm³/mol. The number of carbonyl (C=O) groups is 6. The molecular weight excluding hydrogens is 825 g/mol. The highest BCUT2D eigenvalue weighted by molar-refractivity contribution is 5.91. The second-order valence-corrected chi connectivity index (χ2v) is 15.0. The maximum absolute atomic E-state index is 13.1. The van der Waals surface area contributed by atoms with Gasteiger partial charge in [0.2, 0.25) is 0 Å². The van der Waals surface area contributed by atoms with Gasteiger partial charge in [-0.15, -0.1) is 0 Å². The average Bonchev–Trinajstić information content (AvgIpc) is 3.91. The lowest BCUT2D eigenvalue weighted by atomic mass is 10.0. The van der Waals surface area contributed by atoms with Gasteiger partial charge in [0.05, 0.1) is 37.6 Å². The minimum Gasteiger partial charge on any atom is -0.463 e. The SMILES string of the molecule is C=CC(=O)OCCCCCC(=O)Oc1ccc(-c2ccc(C(=O)O[C@H]3COC4C3OC[C@H]4OC(=O)c3ccc(-c4ccc(OC(=O)CCCCCOC(=O)C=C)cc4)cc3)cc2)cc1. The molecule has 14 nitrogen and oxygen atoms in total. The van der Waals surface area contributed by atoms with Crippen molar-refractivity contribution in [2.24, 2.45) is 0 Å². The summed E-state index contributed by atoms with van der Waals surface area (Å²) in [5, 5.41) is 0. The molecule has 0 radical (unpaired) electrons. The summed E-state index contributed by atoms with van der Waals surface area (Å²) in [6.45, 7) is 7.42. The zero-order chi connectivity index (χ0) is 45.3. The number of fused-ring (bicyclic) bond motifs is 1. The summed E-state index contributed by atoms with van der Waals surface area (Å²) in [4.78, 5) is 72.9. The van der Waals surface area contributed by atoms with Crippen LogP contribution in [-0.4, -0.2) is 86.7 Å². The summed E-state index contributed by atoms with van der Waals surface area (Å²) in [7, 11) is 0. The van der Waals surface area contributed by atoms with E-state index in [2.05, 4.69) is 13.2 Å².